The molecule has 0 bridgehead atoms. The van der Waals surface area contributed by atoms with Gasteiger partial charge in [-0.25, -0.2) is 0 Å². The minimum atomic E-state index is -0.0301. The summed E-state index contributed by atoms with van der Waals surface area (Å²) in [5.41, 5.74) is 5.90. The minimum absolute atomic E-state index is 0.0301. The average molecular weight is 259 g/mol. The molecule has 1 aromatic heterocycles. The number of nitrogens with zero attached hydrogens (tertiary/aromatic N) is 1. The van der Waals surface area contributed by atoms with Crippen molar-refractivity contribution in [2.75, 3.05) is 7.11 Å². The van der Waals surface area contributed by atoms with Crippen LogP contribution in [0.15, 0.2) is 52.4 Å². The molecule has 2 rings (SSSR count). The summed E-state index contributed by atoms with van der Waals surface area (Å²) in [5, 5.41) is 7.37. The van der Waals surface area contributed by atoms with Crippen LogP contribution < -0.4 is 10.5 Å². The number of hydrogen-bond donors (Lipinski definition) is 2. The van der Waals surface area contributed by atoms with Gasteiger partial charge in [-0.2, -0.15) is 0 Å². The van der Waals surface area contributed by atoms with E-state index >= 15 is 0 Å². The van der Waals surface area contributed by atoms with Gasteiger partial charge in [-0.3, -0.25) is 10.4 Å². The molecule has 3 N–H and O–H groups in total. The smallest absolute Gasteiger partial charge is 0.141 e. The number of nitrogen functional groups attached to an aromatic ring is 1. The van der Waals surface area contributed by atoms with Crippen LogP contribution >= 0.6 is 11.8 Å². The van der Waals surface area contributed by atoms with Gasteiger partial charge in [0.2, 0.25) is 0 Å². The second kappa shape index (κ2) is 5.55. The Hall–Kier alpha value is -2.01. The third kappa shape index (κ3) is 2.81. The molecule has 92 valence electrons. The third-order valence-electron chi connectivity index (χ3n) is 2.30. The largest absolute Gasteiger partial charge is 0.496 e. The summed E-state index contributed by atoms with van der Waals surface area (Å²) < 4.78 is 5.29. The monoisotopic (exact) mass is 259 g/mol. The number of benzene rings is 1. The number of para-hydroxylation sites is 1. The number of rotatable bonds is 4. The molecule has 18 heavy (non-hydrogen) atoms. The molecule has 2 aromatic rings. The van der Waals surface area contributed by atoms with Gasteiger partial charge in [0.05, 0.1) is 12.0 Å². The maximum Gasteiger partial charge on any atom is 0.141 e. The van der Waals surface area contributed by atoms with Gasteiger partial charge in [0, 0.05) is 11.1 Å². The van der Waals surface area contributed by atoms with Crippen molar-refractivity contribution in [3.8, 4) is 5.75 Å². The number of ether oxygens (including phenoxy) is 1. The molecule has 0 aliphatic carbocycles. The van der Waals surface area contributed by atoms with Crippen LogP contribution in [0.3, 0.4) is 0 Å². The van der Waals surface area contributed by atoms with Crippen LogP contribution in [-0.2, 0) is 0 Å². The van der Waals surface area contributed by atoms with Crippen molar-refractivity contribution in [2.24, 2.45) is 5.73 Å². The lowest BCUT2D eigenvalue weighted by atomic mass is 10.3. The van der Waals surface area contributed by atoms with Crippen molar-refractivity contribution in [3.63, 3.8) is 0 Å². The predicted octanol–water partition coefficient (Wildman–Crippen LogP) is 2.53. The highest BCUT2D eigenvalue weighted by Gasteiger charge is 2.06. The molecule has 0 aliphatic rings. The molecule has 0 saturated heterocycles. The van der Waals surface area contributed by atoms with E-state index < -0.39 is 0 Å². The van der Waals surface area contributed by atoms with E-state index in [0.717, 1.165) is 15.5 Å². The van der Waals surface area contributed by atoms with E-state index in [-0.39, 0.29) is 5.84 Å². The molecule has 0 aliphatic heterocycles. The van der Waals surface area contributed by atoms with Crippen molar-refractivity contribution in [3.05, 3.63) is 48.3 Å². The van der Waals surface area contributed by atoms with Crippen LogP contribution in [0.25, 0.3) is 0 Å². The zero-order chi connectivity index (χ0) is 13.0. The molecule has 4 nitrogen and oxygen atoms in total. The van der Waals surface area contributed by atoms with E-state index in [1.165, 1.54) is 0 Å². The molecule has 0 fully saturated rings. The van der Waals surface area contributed by atoms with Crippen LogP contribution in [0.1, 0.15) is 5.69 Å². The van der Waals surface area contributed by atoms with Gasteiger partial charge >= 0.3 is 0 Å². The molecule has 0 radical (unpaired) electrons. The molecule has 0 unspecified atom stereocenters. The highest BCUT2D eigenvalue weighted by atomic mass is 32.2. The van der Waals surface area contributed by atoms with Crippen molar-refractivity contribution < 1.29 is 4.74 Å². The van der Waals surface area contributed by atoms with Crippen LogP contribution in [0.2, 0.25) is 0 Å². The number of nitrogens with one attached hydrogen (secondary N) is 1. The van der Waals surface area contributed by atoms with Crippen LogP contribution in [-0.4, -0.2) is 17.9 Å². The number of nitrogens with two attached hydrogens (primary N) is 1. The molecule has 1 heterocycles. The molecule has 5 heteroatoms. The number of pyridine rings is 1. The molecular weight excluding hydrogens is 246 g/mol. The maximum absolute atomic E-state index is 7.37. The lowest BCUT2D eigenvalue weighted by Crippen LogP contribution is -2.12. The Bertz CT molecular complexity index is 572. The second-order valence-electron chi connectivity index (χ2n) is 3.54. The van der Waals surface area contributed by atoms with Crippen molar-refractivity contribution in [2.45, 2.75) is 9.79 Å². The first-order valence-electron chi connectivity index (χ1n) is 5.32. The standard InChI is InChI=1S/C13H13N3OS/c1-17-11-4-2-3-5-12(11)18-9-6-7-16-10(8-9)13(14)15/h2-8H,1H3,(H3,14,15). The summed E-state index contributed by atoms with van der Waals surface area (Å²) in [6, 6.07) is 11.4. The fourth-order valence-corrected chi connectivity index (χ4v) is 2.40. The summed E-state index contributed by atoms with van der Waals surface area (Å²) in [6.45, 7) is 0. The molecular formula is C13H13N3OS. The topological polar surface area (TPSA) is 72.0 Å². The van der Waals surface area contributed by atoms with E-state index in [1.807, 2.05) is 30.3 Å². The first-order chi connectivity index (χ1) is 8.70. The Morgan fingerprint density at radius 2 is 2.11 bits per heavy atom. The van der Waals surface area contributed by atoms with E-state index in [2.05, 4.69) is 4.98 Å². The normalized spacial score (nSPS) is 10.1. The minimum Gasteiger partial charge on any atom is -0.496 e. The highest BCUT2D eigenvalue weighted by molar-refractivity contribution is 7.99. The average Bonchev–Trinajstić information content (AvgIpc) is 2.39. The third-order valence-corrected chi connectivity index (χ3v) is 3.35. The number of methoxy groups -OCH3 is 1. The number of hydrogen-bond acceptors (Lipinski definition) is 4. The van der Waals surface area contributed by atoms with Gasteiger partial charge in [0.15, 0.2) is 0 Å². The lowest BCUT2D eigenvalue weighted by molar-refractivity contribution is 0.405. The van der Waals surface area contributed by atoms with Gasteiger partial charge in [0.25, 0.3) is 0 Å². The summed E-state index contributed by atoms with van der Waals surface area (Å²) in [7, 11) is 1.65. The molecule has 0 spiro atoms. The first-order valence-corrected chi connectivity index (χ1v) is 6.13. The van der Waals surface area contributed by atoms with Gasteiger partial charge in [-0.1, -0.05) is 23.9 Å². The molecule has 0 amide bonds. The second-order valence-corrected chi connectivity index (χ2v) is 4.66. The van der Waals surface area contributed by atoms with Gasteiger partial charge < -0.3 is 10.5 Å². The summed E-state index contributed by atoms with van der Waals surface area (Å²) in [4.78, 5) is 6.02. The van der Waals surface area contributed by atoms with E-state index in [1.54, 1.807) is 31.1 Å². The van der Waals surface area contributed by atoms with E-state index in [0.29, 0.717) is 5.69 Å². The Morgan fingerprint density at radius 1 is 1.33 bits per heavy atom. The number of amidine groups is 1. The Kier molecular flexibility index (Phi) is 3.84. The van der Waals surface area contributed by atoms with Gasteiger partial charge in [0.1, 0.15) is 17.3 Å². The molecule has 1 aromatic carbocycles. The fraction of sp³-hybridized carbons (Fsp3) is 0.0769. The van der Waals surface area contributed by atoms with E-state index in [9.17, 15) is 0 Å². The van der Waals surface area contributed by atoms with Crippen LogP contribution in [0.4, 0.5) is 0 Å². The van der Waals surface area contributed by atoms with Crippen LogP contribution in [0.5, 0.6) is 5.75 Å². The quantitative estimate of drug-likeness (QED) is 0.653. The summed E-state index contributed by atoms with van der Waals surface area (Å²) in [5.74, 6) is 0.793. The maximum atomic E-state index is 7.37. The lowest BCUT2D eigenvalue weighted by Gasteiger charge is -2.08. The predicted molar refractivity (Wildman–Crippen MR) is 72.4 cm³/mol. The SMILES string of the molecule is COc1ccccc1Sc1ccnc(C(=N)N)c1. The van der Waals surface area contributed by atoms with Crippen LogP contribution in [0, 0.1) is 5.41 Å². The van der Waals surface area contributed by atoms with Crippen molar-refractivity contribution in [1.29, 1.82) is 5.41 Å². The zero-order valence-corrected chi connectivity index (χ0v) is 10.7. The molecule has 0 atom stereocenters. The van der Waals surface area contributed by atoms with Crippen molar-refractivity contribution in [1.82, 2.24) is 4.98 Å². The van der Waals surface area contributed by atoms with Gasteiger partial charge in [-0.05, 0) is 24.3 Å². The Labute approximate surface area is 110 Å². The zero-order valence-electron chi connectivity index (χ0n) is 9.88. The summed E-state index contributed by atoms with van der Waals surface area (Å²) in [6.07, 6.45) is 1.65. The molecule has 0 saturated carbocycles. The fourth-order valence-electron chi connectivity index (χ4n) is 1.45. The van der Waals surface area contributed by atoms with Gasteiger partial charge in [-0.15, -0.1) is 0 Å². The van der Waals surface area contributed by atoms with E-state index in [4.69, 9.17) is 15.9 Å². The Balaban J connectivity index is 2.28. The summed E-state index contributed by atoms with van der Waals surface area (Å²) >= 11 is 1.55. The number of aromatic nitrogens is 1. The highest BCUT2D eigenvalue weighted by Crippen LogP contribution is 2.34. The van der Waals surface area contributed by atoms with Crippen molar-refractivity contribution >= 4 is 17.6 Å². The Morgan fingerprint density at radius 3 is 2.83 bits per heavy atom. The first kappa shape index (κ1) is 12.4.